The lowest BCUT2D eigenvalue weighted by Gasteiger charge is -2.18. The monoisotopic (exact) mass is 905 g/mol. The number of hydrogen-bond acceptors (Lipinski definition) is 6. The van der Waals surface area contributed by atoms with Crippen LogP contribution in [0.3, 0.4) is 0 Å². The summed E-state index contributed by atoms with van der Waals surface area (Å²) >= 11 is 0. The summed E-state index contributed by atoms with van der Waals surface area (Å²) in [5, 5.41) is 0. The molecule has 0 rings (SSSR count). The highest BCUT2D eigenvalue weighted by Gasteiger charge is 2.19. The minimum atomic E-state index is -0.763. The summed E-state index contributed by atoms with van der Waals surface area (Å²) in [6.45, 7) is 11.4. The van der Waals surface area contributed by atoms with Crippen LogP contribution in [0.5, 0.6) is 0 Å². The molecule has 1 atom stereocenters. The van der Waals surface area contributed by atoms with Crippen LogP contribution in [0.4, 0.5) is 0 Å². The van der Waals surface area contributed by atoms with E-state index < -0.39 is 6.10 Å². The maximum absolute atomic E-state index is 12.8. The molecule has 0 aliphatic rings. The molecule has 0 heterocycles. The van der Waals surface area contributed by atoms with Crippen LogP contribution in [-0.2, 0) is 28.6 Å². The van der Waals surface area contributed by atoms with E-state index in [0.29, 0.717) is 19.3 Å². The largest absolute Gasteiger partial charge is 0.462 e. The van der Waals surface area contributed by atoms with Gasteiger partial charge in [-0.15, -0.1) is 0 Å². The molecule has 6 heteroatoms. The number of carbonyl (C=O) groups excluding carboxylic acids is 3. The quantitative estimate of drug-likeness (QED) is 0.0344. The lowest BCUT2D eigenvalue weighted by molar-refractivity contribution is -0.167. The normalized spacial score (nSPS) is 12.0. The lowest BCUT2D eigenvalue weighted by Crippen LogP contribution is -2.30. The second-order valence-corrected chi connectivity index (χ2v) is 20.9. The lowest BCUT2D eigenvalue weighted by atomic mass is 10.0. The molecule has 64 heavy (non-hydrogen) atoms. The molecule has 0 N–H and O–H groups in total. The van der Waals surface area contributed by atoms with Crippen LogP contribution in [0.15, 0.2) is 0 Å². The van der Waals surface area contributed by atoms with Crippen molar-refractivity contribution >= 4 is 17.9 Å². The van der Waals surface area contributed by atoms with E-state index in [2.05, 4.69) is 34.6 Å². The Balaban J connectivity index is 4.26. The van der Waals surface area contributed by atoms with E-state index >= 15 is 0 Å². The zero-order valence-electron chi connectivity index (χ0n) is 43.9. The number of carbonyl (C=O) groups is 3. The molecule has 0 bridgehead atoms. The molecule has 0 aromatic carbocycles. The standard InChI is InChI=1S/C58H112O6/c1-6-7-8-9-10-11-12-13-14-18-21-24-27-33-38-43-48-56(59)62-51-55(52-63-57(60)49-44-39-34-30-29-32-37-42-47-54(4)5)64-58(61)50-45-40-35-28-25-22-19-16-15-17-20-23-26-31-36-41-46-53(2)3/h53-55H,6-52H2,1-5H3/t55-/m1/s1. The Hall–Kier alpha value is -1.59. The fourth-order valence-corrected chi connectivity index (χ4v) is 8.87. The molecule has 0 saturated carbocycles. The maximum atomic E-state index is 12.8. The zero-order valence-corrected chi connectivity index (χ0v) is 43.9. The van der Waals surface area contributed by atoms with Crippen molar-refractivity contribution in [2.45, 2.75) is 330 Å². The number of esters is 3. The number of rotatable bonds is 52. The average molecular weight is 906 g/mol. The van der Waals surface area contributed by atoms with E-state index in [1.54, 1.807) is 0 Å². The van der Waals surface area contributed by atoms with Gasteiger partial charge in [-0.2, -0.15) is 0 Å². The Morgan fingerprint density at radius 2 is 0.516 bits per heavy atom. The summed E-state index contributed by atoms with van der Waals surface area (Å²) in [6, 6.07) is 0. The fraction of sp³-hybridized carbons (Fsp3) is 0.948. The van der Waals surface area contributed by atoms with E-state index in [1.807, 2.05) is 0 Å². The Morgan fingerprint density at radius 1 is 0.297 bits per heavy atom. The number of hydrogen-bond donors (Lipinski definition) is 0. The summed E-state index contributed by atoms with van der Waals surface area (Å²) in [7, 11) is 0. The molecule has 0 aliphatic heterocycles. The van der Waals surface area contributed by atoms with Gasteiger partial charge in [-0.05, 0) is 31.1 Å². The summed E-state index contributed by atoms with van der Waals surface area (Å²) in [5.74, 6) is 0.806. The molecule has 0 unspecified atom stereocenters. The van der Waals surface area contributed by atoms with Gasteiger partial charge < -0.3 is 14.2 Å². The van der Waals surface area contributed by atoms with Crippen LogP contribution in [0.2, 0.25) is 0 Å². The van der Waals surface area contributed by atoms with Crippen molar-refractivity contribution in [1.29, 1.82) is 0 Å². The highest BCUT2D eigenvalue weighted by Crippen LogP contribution is 2.18. The first-order valence-electron chi connectivity index (χ1n) is 28.7. The van der Waals surface area contributed by atoms with Crippen LogP contribution in [-0.4, -0.2) is 37.2 Å². The van der Waals surface area contributed by atoms with E-state index in [0.717, 1.165) is 69.6 Å². The Morgan fingerprint density at radius 3 is 0.766 bits per heavy atom. The minimum absolute atomic E-state index is 0.0630. The van der Waals surface area contributed by atoms with Crippen molar-refractivity contribution < 1.29 is 28.6 Å². The molecule has 0 aliphatic carbocycles. The SMILES string of the molecule is CCCCCCCCCCCCCCCCCCC(=O)OC[C@H](COC(=O)CCCCCCCCCCC(C)C)OC(=O)CCCCCCCCCCCCCCCCCCC(C)C. The van der Waals surface area contributed by atoms with Gasteiger partial charge in [-0.25, -0.2) is 0 Å². The molecule has 6 nitrogen and oxygen atoms in total. The van der Waals surface area contributed by atoms with Gasteiger partial charge in [0.15, 0.2) is 6.10 Å². The molecule has 0 saturated heterocycles. The highest BCUT2D eigenvalue weighted by atomic mass is 16.6. The zero-order chi connectivity index (χ0) is 46.8. The van der Waals surface area contributed by atoms with Crippen molar-refractivity contribution in [1.82, 2.24) is 0 Å². The van der Waals surface area contributed by atoms with Crippen molar-refractivity contribution in [3.05, 3.63) is 0 Å². The smallest absolute Gasteiger partial charge is 0.306 e. The first-order chi connectivity index (χ1) is 31.2. The van der Waals surface area contributed by atoms with E-state index in [4.69, 9.17) is 14.2 Å². The fourth-order valence-electron chi connectivity index (χ4n) is 8.87. The molecule has 0 radical (unpaired) electrons. The van der Waals surface area contributed by atoms with Gasteiger partial charge in [-0.1, -0.05) is 285 Å². The Labute approximate surface area is 399 Å². The summed E-state index contributed by atoms with van der Waals surface area (Å²) in [6.07, 6.45) is 53.9. The van der Waals surface area contributed by atoms with Crippen LogP contribution < -0.4 is 0 Å². The summed E-state index contributed by atoms with van der Waals surface area (Å²) in [5.41, 5.74) is 0. The van der Waals surface area contributed by atoms with Gasteiger partial charge in [0.25, 0.3) is 0 Å². The molecule has 0 aromatic heterocycles. The summed E-state index contributed by atoms with van der Waals surface area (Å²) < 4.78 is 16.9. The second kappa shape index (κ2) is 50.8. The minimum Gasteiger partial charge on any atom is -0.462 e. The van der Waals surface area contributed by atoms with Crippen molar-refractivity contribution in [2.24, 2.45) is 11.8 Å². The third kappa shape index (κ3) is 51.4. The molecular weight excluding hydrogens is 793 g/mol. The van der Waals surface area contributed by atoms with E-state index in [1.165, 1.54) is 212 Å². The van der Waals surface area contributed by atoms with Crippen LogP contribution in [0.1, 0.15) is 324 Å². The number of ether oxygens (including phenoxy) is 3. The second-order valence-electron chi connectivity index (χ2n) is 20.9. The van der Waals surface area contributed by atoms with Crippen molar-refractivity contribution in [2.75, 3.05) is 13.2 Å². The molecule has 0 amide bonds. The van der Waals surface area contributed by atoms with Crippen LogP contribution in [0.25, 0.3) is 0 Å². The van der Waals surface area contributed by atoms with Gasteiger partial charge in [0.2, 0.25) is 0 Å². The first kappa shape index (κ1) is 62.4. The third-order valence-electron chi connectivity index (χ3n) is 13.2. The van der Waals surface area contributed by atoms with E-state index in [9.17, 15) is 14.4 Å². The van der Waals surface area contributed by atoms with Gasteiger partial charge >= 0.3 is 17.9 Å². The Bertz CT molecular complexity index is 978. The predicted octanol–water partition coefficient (Wildman–Crippen LogP) is 18.9. The van der Waals surface area contributed by atoms with Gasteiger partial charge in [0, 0.05) is 19.3 Å². The molecule has 0 aromatic rings. The van der Waals surface area contributed by atoms with Gasteiger partial charge in [0.05, 0.1) is 0 Å². The summed E-state index contributed by atoms with van der Waals surface area (Å²) in [4.78, 5) is 38.1. The number of unbranched alkanes of at least 4 members (excludes halogenated alkanes) is 37. The Kier molecular flexibility index (Phi) is 49.6. The predicted molar refractivity (Wildman–Crippen MR) is 275 cm³/mol. The van der Waals surface area contributed by atoms with Gasteiger partial charge in [-0.3, -0.25) is 14.4 Å². The first-order valence-corrected chi connectivity index (χ1v) is 28.7. The maximum Gasteiger partial charge on any atom is 0.306 e. The highest BCUT2D eigenvalue weighted by molar-refractivity contribution is 5.71. The third-order valence-corrected chi connectivity index (χ3v) is 13.2. The molecule has 380 valence electrons. The van der Waals surface area contributed by atoms with Crippen molar-refractivity contribution in [3.8, 4) is 0 Å². The molecule has 0 spiro atoms. The van der Waals surface area contributed by atoms with Crippen LogP contribution >= 0.6 is 0 Å². The molecular formula is C58H112O6. The van der Waals surface area contributed by atoms with Crippen molar-refractivity contribution in [3.63, 3.8) is 0 Å². The van der Waals surface area contributed by atoms with Gasteiger partial charge in [0.1, 0.15) is 13.2 Å². The van der Waals surface area contributed by atoms with Crippen LogP contribution in [0, 0.1) is 11.8 Å². The molecule has 0 fully saturated rings. The topological polar surface area (TPSA) is 78.9 Å². The van der Waals surface area contributed by atoms with E-state index in [-0.39, 0.29) is 31.1 Å². The average Bonchev–Trinajstić information content (AvgIpc) is 3.27.